The first-order chi connectivity index (χ1) is 13.6. The summed E-state index contributed by atoms with van der Waals surface area (Å²) in [4.78, 5) is 38.4. The van der Waals surface area contributed by atoms with E-state index in [1.165, 1.54) is 6.08 Å². The minimum absolute atomic E-state index is 0.000758. The van der Waals surface area contributed by atoms with E-state index in [0.717, 1.165) is 5.56 Å². The lowest BCUT2D eigenvalue weighted by Crippen LogP contribution is -2.36. The molecular formula is C23H19NO4. The molecular weight excluding hydrogens is 354 g/mol. The standard InChI is InChI=1S/C23H19NO4/c1-2-28-21(26)14-16-13-20(25)18(12-15-8-4-3-5-9-15)23(16)17-10-6-7-11-19(17)24-22(23)27/h3-12,14H,2,13H2,1H3,(H,24,27)/b16-14+,18-12-/t23-/m0/s1. The number of para-hydroxylation sites is 1. The van der Waals surface area contributed by atoms with Gasteiger partial charge in [-0.3, -0.25) is 9.59 Å². The van der Waals surface area contributed by atoms with Crippen LogP contribution in [-0.2, 0) is 24.5 Å². The highest BCUT2D eigenvalue weighted by Crippen LogP contribution is 2.54. The second-order valence-electron chi connectivity index (χ2n) is 6.74. The number of amides is 1. The molecule has 1 fully saturated rings. The number of hydrogen-bond acceptors (Lipinski definition) is 4. The van der Waals surface area contributed by atoms with Crippen molar-refractivity contribution in [2.45, 2.75) is 18.8 Å². The Morgan fingerprint density at radius 3 is 2.57 bits per heavy atom. The van der Waals surface area contributed by atoms with Crippen molar-refractivity contribution in [3.05, 3.63) is 82.9 Å². The molecule has 0 bridgehead atoms. The van der Waals surface area contributed by atoms with E-state index in [-0.39, 0.29) is 24.7 Å². The van der Waals surface area contributed by atoms with E-state index in [1.54, 1.807) is 19.1 Å². The molecule has 140 valence electrons. The summed E-state index contributed by atoms with van der Waals surface area (Å²) in [7, 11) is 0. The predicted octanol–water partition coefficient (Wildman–Crippen LogP) is 3.42. The molecule has 2 aromatic rings. The van der Waals surface area contributed by atoms with Gasteiger partial charge in [-0.2, -0.15) is 0 Å². The summed E-state index contributed by atoms with van der Waals surface area (Å²) >= 11 is 0. The van der Waals surface area contributed by atoms with Crippen LogP contribution in [-0.4, -0.2) is 24.3 Å². The third kappa shape index (κ3) is 2.67. The molecule has 5 heteroatoms. The minimum atomic E-state index is -1.31. The van der Waals surface area contributed by atoms with E-state index in [0.29, 0.717) is 22.4 Å². The highest BCUT2D eigenvalue weighted by atomic mass is 16.5. The fourth-order valence-electron chi connectivity index (χ4n) is 4.02. The van der Waals surface area contributed by atoms with Crippen molar-refractivity contribution in [2.75, 3.05) is 11.9 Å². The van der Waals surface area contributed by atoms with Gasteiger partial charge in [-0.25, -0.2) is 4.79 Å². The molecule has 1 spiro atoms. The van der Waals surface area contributed by atoms with Crippen LogP contribution in [0.3, 0.4) is 0 Å². The number of Topliss-reactive ketones (excluding diaryl/α,β-unsaturated/α-hetero) is 1. The van der Waals surface area contributed by atoms with E-state index in [9.17, 15) is 14.4 Å². The van der Waals surface area contributed by atoms with Crippen LogP contribution in [0.25, 0.3) is 6.08 Å². The van der Waals surface area contributed by atoms with E-state index < -0.39 is 11.4 Å². The van der Waals surface area contributed by atoms with E-state index in [1.807, 2.05) is 48.5 Å². The second kappa shape index (κ2) is 6.93. The third-order valence-electron chi connectivity index (χ3n) is 5.15. The van der Waals surface area contributed by atoms with Gasteiger partial charge in [0.05, 0.1) is 6.61 Å². The number of nitrogens with one attached hydrogen (secondary N) is 1. The van der Waals surface area contributed by atoms with Crippen molar-refractivity contribution in [3.8, 4) is 0 Å². The van der Waals surface area contributed by atoms with Crippen LogP contribution in [0, 0.1) is 0 Å². The summed E-state index contributed by atoms with van der Waals surface area (Å²) in [6.07, 6.45) is 3.05. The Morgan fingerprint density at radius 2 is 1.82 bits per heavy atom. The Balaban J connectivity index is 1.97. The second-order valence-corrected chi connectivity index (χ2v) is 6.74. The zero-order chi connectivity index (χ0) is 19.7. The molecule has 4 rings (SSSR count). The van der Waals surface area contributed by atoms with E-state index in [2.05, 4.69) is 5.32 Å². The first-order valence-electron chi connectivity index (χ1n) is 9.16. The molecule has 0 aromatic heterocycles. The van der Waals surface area contributed by atoms with Gasteiger partial charge < -0.3 is 10.1 Å². The molecule has 0 radical (unpaired) electrons. The molecule has 1 saturated carbocycles. The van der Waals surface area contributed by atoms with Gasteiger partial charge in [0.2, 0.25) is 5.91 Å². The largest absolute Gasteiger partial charge is 0.463 e. The van der Waals surface area contributed by atoms with Crippen molar-refractivity contribution in [1.82, 2.24) is 0 Å². The van der Waals surface area contributed by atoms with Crippen molar-refractivity contribution in [2.24, 2.45) is 0 Å². The summed E-state index contributed by atoms with van der Waals surface area (Å²) in [6.45, 7) is 1.93. The van der Waals surface area contributed by atoms with Crippen LogP contribution in [0.4, 0.5) is 5.69 Å². The molecule has 0 unspecified atom stereocenters. The number of carbonyl (C=O) groups is 3. The number of ketones is 1. The van der Waals surface area contributed by atoms with Crippen molar-refractivity contribution in [1.29, 1.82) is 0 Å². The molecule has 2 aromatic carbocycles. The number of carbonyl (C=O) groups excluding carboxylic acids is 3. The lowest BCUT2D eigenvalue weighted by Gasteiger charge is -2.25. The molecule has 28 heavy (non-hydrogen) atoms. The van der Waals surface area contributed by atoms with Gasteiger partial charge in [-0.15, -0.1) is 0 Å². The summed E-state index contributed by atoms with van der Waals surface area (Å²) in [6, 6.07) is 16.6. The van der Waals surface area contributed by atoms with E-state index >= 15 is 0 Å². The fourth-order valence-corrected chi connectivity index (χ4v) is 4.02. The third-order valence-corrected chi connectivity index (χ3v) is 5.15. The minimum Gasteiger partial charge on any atom is -0.463 e. The molecule has 5 nitrogen and oxygen atoms in total. The summed E-state index contributed by atoms with van der Waals surface area (Å²) in [5.74, 6) is -1.05. The van der Waals surface area contributed by atoms with Crippen LogP contribution in [0.5, 0.6) is 0 Å². The lowest BCUT2D eigenvalue weighted by molar-refractivity contribution is -0.137. The number of rotatable bonds is 3. The van der Waals surface area contributed by atoms with Crippen molar-refractivity contribution in [3.63, 3.8) is 0 Å². The number of anilines is 1. The number of esters is 1. The maximum atomic E-state index is 13.3. The van der Waals surface area contributed by atoms with Crippen LogP contribution in [0.2, 0.25) is 0 Å². The monoisotopic (exact) mass is 373 g/mol. The first-order valence-corrected chi connectivity index (χ1v) is 9.16. The molecule has 1 heterocycles. The maximum Gasteiger partial charge on any atom is 0.330 e. The van der Waals surface area contributed by atoms with Gasteiger partial charge in [0.15, 0.2) is 5.78 Å². The molecule has 1 atom stereocenters. The van der Waals surface area contributed by atoms with Gasteiger partial charge in [-0.1, -0.05) is 48.5 Å². The smallest absolute Gasteiger partial charge is 0.330 e. The molecule has 1 N–H and O–H groups in total. The Morgan fingerprint density at radius 1 is 1.11 bits per heavy atom. The van der Waals surface area contributed by atoms with Crippen molar-refractivity contribution < 1.29 is 19.1 Å². The SMILES string of the molecule is CCOC(=O)/C=C1\CC(=O)/C(=C/c2ccccc2)[C@]12C(=O)Nc1ccccc12. The molecule has 0 saturated heterocycles. The normalized spacial score (nSPS) is 23.3. The molecule has 1 amide bonds. The molecule has 1 aliphatic carbocycles. The van der Waals surface area contributed by atoms with Crippen LogP contribution in [0.15, 0.2) is 71.8 Å². The Hall–Kier alpha value is -3.47. The zero-order valence-corrected chi connectivity index (χ0v) is 15.4. The zero-order valence-electron chi connectivity index (χ0n) is 15.4. The Labute approximate surface area is 162 Å². The quantitative estimate of drug-likeness (QED) is 0.661. The van der Waals surface area contributed by atoms with Crippen molar-refractivity contribution >= 4 is 29.4 Å². The Kier molecular flexibility index (Phi) is 4.43. The topological polar surface area (TPSA) is 72.5 Å². The Bertz CT molecular complexity index is 1040. The summed E-state index contributed by atoms with van der Waals surface area (Å²) in [5.41, 5.74) is 1.66. The maximum absolute atomic E-state index is 13.3. The van der Waals surface area contributed by atoms with Gasteiger partial charge in [0.1, 0.15) is 5.41 Å². The molecule has 1 aliphatic heterocycles. The van der Waals surface area contributed by atoms with Crippen LogP contribution in [0.1, 0.15) is 24.5 Å². The summed E-state index contributed by atoms with van der Waals surface area (Å²) < 4.78 is 5.04. The molecule has 2 aliphatic rings. The predicted molar refractivity (Wildman–Crippen MR) is 106 cm³/mol. The lowest BCUT2D eigenvalue weighted by atomic mass is 9.73. The van der Waals surface area contributed by atoms with Gasteiger partial charge in [0.25, 0.3) is 0 Å². The number of benzene rings is 2. The average Bonchev–Trinajstić information content (AvgIpc) is 3.13. The number of ether oxygens (including phenoxy) is 1. The summed E-state index contributed by atoms with van der Waals surface area (Å²) in [5, 5.41) is 2.88. The fraction of sp³-hybridized carbons (Fsp3) is 0.174. The average molecular weight is 373 g/mol. The van der Waals surface area contributed by atoms with Crippen LogP contribution < -0.4 is 5.32 Å². The first kappa shape index (κ1) is 17.9. The van der Waals surface area contributed by atoms with Gasteiger partial charge in [-0.05, 0) is 35.8 Å². The van der Waals surface area contributed by atoms with E-state index in [4.69, 9.17) is 4.74 Å². The number of fused-ring (bicyclic) bond motifs is 2. The highest BCUT2D eigenvalue weighted by molar-refractivity contribution is 6.23. The number of hydrogen-bond donors (Lipinski definition) is 1. The van der Waals surface area contributed by atoms with Gasteiger partial charge >= 0.3 is 5.97 Å². The van der Waals surface area contributed by atoms with Crippen LogP contribution >= 0.6 is 0 Å². The van der Waals surface area contributed by atoms with Gasteiger partial charge in [0, 0.05) is 23.8 Å². The highest BCUT2D eigenvalue weighted by Gasteiger charge is 2.58.